The van der Waals surface area contributed by atoms with E-state index in [0.29, 0.717) is 10.8 Å². The summed E-state index contributed by atoms with van der Waals surface area (Å²) in [4.78, 5) is 0. The van der Waals surface area contributed by atoms with Gasteiger partial charge in [0.05, 0.1) is 17.7 Å². The van der Waals surface area contributed by atoms with Crippen molar-refractivity contribution in [3.63, 3.8) is 0 Å². The fourth-order valence-electron chi connectivity index (χ4n) is 1.57. The van der Waals surface area contributed by atoms with E-state index in [1.54, 1.807) is 7.11 Å². The van der Waals surface area contributed by atoms with Crippen LogP contribution in [-0.4, -0.2) is 20.2 Å². The highest BCUT2D eigenvalue weighted by Crippen LogP contribution is 2.30. The van der Waals surface area contributed by atoms with Crippen LogP contribution in [0.25, 0.3) is 0 Å². The Morgan fingerprint density at radius 2 is 2.13 bits per heavy atom. The largest absolute Gasteiger partial charge is 0.495 e. The topological polar surface area (TPSA) is 47.3 Å². The van der Waals surface area contributed by atoms with Crippen LogP contribution in [-0.2, 0) is 5.54 Å². The van der Waals surface area contributed by atoms with Crippen LogP contribution < -0.4 is 15.8 Å². The molecular weight excluding hydrogens is 235 g/mol. The zero-order chi connectivity index (χ0) is 10.2. The summed E-state index contributed by atoms with van der Waals surface area (Å²) in [6.45, 7) is 1.61. The Hall–Kier alpha value is -0.480. The van der Waals surface area contributed by atoms with E-state index in [2.05, 4.69) is 5.32 Å². The lowest BCUT2D eigenvalue weighted by molar-refractivity contribution is 0.286. The monoisotopic (exact) mass is 248 g/mol. The minimum atomic E-state index is -0.252. The van der Waals surface area contributed by atoms with Gasteiger partial charge in [0.1, 0.15) is 5.75 Å². The summed E-state index contributed by atoms with van der Waals surface area (Å²) in [6, 6.07) is 5.68. The Bertz CT molecular complexity index is 353. The third-order valence-corrected chi connectivity index (χ3v) is 2.92. The smallest absolute Gasteiger partial charge is 0.137 e. The van der Waals surface area contributed by atoms with Crippen LogP contribution >= 0.6 is 24.0 Å². The molecule has 0 amide bonds. The second-order valence-corrected chi connectivity index (χ2v) is 4.02. The summed E-state index contributed by atoms with van der Waals surface area (Å²) in [5.74, 6) is 0.681. The molecule has 3 N–H and O–H groups in total. The van der Waals surface area contributed by atoms with Crippen molar-refractivity contribution in [2.75, 3.05) is 20.2 Å². The normalized spacial score (nSPS) is 17.5. The fourth-order valence-corrected chi connectivity index (χ4v) is 1.76. The Kier molecular flexibility index (Phi) is 3.84. The highest BCUT2D eigenvalue weighted by Gasteiger charge is 2.34. The number of hydrogen-bond donors (Lipinski definition) is 2. The molecule has 5 heteroatoms. The van der Waals surface area contributed by atoms with E-state index >= 15 is 0 Å². The summed E-state index contributed by atoms with van der Waals surface area (Å²) in [5, 5.41) is 3.77. The van der Waals surface area contributed by atoms with E-state index in [1.165, 1.54) is 0 Å². The first-order chi connectivity index (χ1) is 6.65. The van der Waals surface area contributed by atoms with Gasteiger partial charge in [-0.25, -0.2) is 0 Å². The van der Waals surface area contributed by atoms with Crippen LogP contribution in [0.15, 0.2) is 18.2 Å². The van der Waals surface area contributed by atoms with Crippen LogP contribution in [0.2, 0.25) is 5.02 Å². The van der Waals surface area contributed by atoms with Crippen LogP contribution in [0.5, 0.6) is 5.75 Å². The Labute approximate surface area is 100 Å². The molecule has 0 radical (unpaired) electrons. The molecule has 2 rings (SSSR count). The lowest BCUT2D eigenvalue weighted by atomic mass is 9.85. The molecule has 1 saturated heterocycles. The lowest BCUT2D eigenvalue weighted by Crippen LogP contribution is -2.62. The molecule has 0 aliphatic carbocycles. The van der Waals surface area contributed by atoms with Gasteiger partial charge >= 0.3 is 0 Å². The van der Waals surface area contributed by atoms with Crippen LogP contribution in [0.1, 0.15) is 5.56 Å². The molecule has 3 nitrogen and oxygen atoms in total. The van der Waals surface area contributed by atoms with Gasteiger partial charge in [0, 0.05) is 13.1 Å². The Morgan fingerprint density at radius 1 is 1.47 bits per heavy atom. The first-order valence-electron chi connectivity index (χ1n) is 4.49. The van der Waals surface area contributed by atoms with Crippen LogP contribution in [0.3, 0.4) is 0 Å². The maximum absolute atomic E-state index is 6.14. The molecule has 1 fully saturated rings. The molecule has 1 aliphatic rings. The molecular formula is C10H14Cl2N2O. The van der Waals surface area contributed by atoms with E-state index in [0.717, 1.165) is 18.7 Å². The third-order valence-electron chi connectivity index (χ3n) is 2.61. The highest BCUT2D eigenvalue weighted by molar-refractivity contribution is 6.32. The van der Waals surface area contributed by atoms with Gasteiger partial charge < -0.3 is 15.8 Å². The van der Waals surface area contributed by atoms with E-state index in [4.69, 9.17) is 22.1 Å². The van der Waals surface area contributed by atoms with Crippen molar-refractivity contribution in [3.8, 4) is 5.75 Å². The van der Waals surface area contributed by atoms with Crippen LogP contribution in [0, 0.1) is 0 Å². The highest BCUT2D eigenvalue weighted by atomic mass is 35.5. The van der Waals surface area contributed by atoms with Gasteiger partial charge in [0.15, 0.2) is 0 Å². The summed E-state index contributed by atoms with van der Waals surface area (Å²) in [5.41, 5.74) is 6.95. The molecule has 0 bridgehead atoms. The number of nitrogens with one attached hydrogen (secondary N) is 1. The number of nitrogens with two attached hydrogens (primary N) is 1. The molecule has 0 spiro atoms. The third kappa shape index (κ3) is 2.21. The van der Waals surface area contributed by atoms with Gasteiger partial charge in [-0.2, -0.15) is 0 Å². The van der Waals surface area contributed by atoms with Gasteiger partial charge in [-0.1, -0.05) is 17.7 Å². The predicted molar refractivity (Wildman–Crippen MR) is 64.0 cm³/mol. The standard InChI is InChI=1S/C10H13ClN2O.ClH/c1-14-9-4-7(2-3-8(9)11)10(12)5-13-6-10;/h2-4,13H,5-6,12H2,1H3;1H. The van der Waals surface area contributed by atoms with Crippen molar-refractivity contribution in [2.45, 2.75) is 5.54 Å². The number of rotatable bonds is 2. The maximum Gasteiger partial charge on any atom is 0.137 e. The molecule has 0 unspecified atom stereocenters. The second-order valence-electron chi connectivity index (χ2n) is 3.61. The minimum Gasteiger partial charge on any atom is -0.495 e. The van der Waals surface area contributed by atoms with Crippen molar-refractivity contribution < 1.29 is 4.74 Å². The molecule has 1 aromatic rings. The van der Waals surface area contributed by atoms with Gasteiger partial charge in [-0.15, -0.1) is 12.4 Å². The molecule has 0 aromatic heterocycles. The summed E-state index contributed by atoms with van der Waals surface area (Å²) in [7, 11) is 1.60. The zero-order valence-electron chi connectivity index (χ0n) is 8.42. The van der Waals surface area contributed by atoms with Crippen molar-refractivity contribution in [1.29, 1.82) is 0 Å². The Balaban J connectivity index is 0.00000112. The van der Waals surface area contributed by atoms with E-state index in [1.807, 2.05) is 18.2 Å². The van der Waals surface area contributed by atoms with Crippen molar-refractivity contribution in [1.82, 2.24) is 5.32 Å². The minimum absolute atomic E-state index is 0. The number of halogens is 2. The van der Waals surface area contributed by atoms with Gasteiger partial charge in [-0.3, -0.25) is 0 Å². The average Bonchev–Trinajstić information content (AvgIpc) is 2.15. The molecule has 0 saturated carbocycles. The molecule has 0 atom stereocenters. The number of methoxy groups -OCH3 is 1. The molecule has 1 aliphatic heterocycles. The Morgan fingerprint density at radius 3 is 2.60 bits per heavy atom. The lowest BCUT2D eigenvalue weighted by Gasteiger charge is -2.39. The first-order valence-corrected chi connectivity index (χ1v) is 4.87. The van der Waals surface area contributed by atoms with Crippen LogP contribution in [0.4, 0.5) is 0 Å². The molecule has 84 valence electrons. The number of hydrogen-bond acceptors (Lipinski definition) is 3. The van der Waals surface area contributed by atoms with Gasteiger partial charge in [0.2, 0.25) is 0 Å². The number of ether oxygens (including phenoxy) is 1. The van der Waals surface area contributed by atoms with Gasteiger partial charge in [0.25, 0.3) is 0 Å². The fraction of sp³-hybridized carbons (Fsp3) is 0.400. The van der Waals surface area contributed by atoms with E-state index in [-0.39, 0.29) is 17.9 Å². The summed E-state index contributed by atoms with van der Waals surface area (Å²) >= 11 is 5.93. The van der Waals surface area contributed by atoms with E-state index in [9.17, 15) is 0 Å². The average molecular weight is 249 g/mol. The van der Waals surface area contributed by atoms with Crippen molar-refractivity contribution in [3.05, 3.63) is 28.8 Å². The summed E-state index contributed by atoms with van der Waals surface area (Å²) < 4.78 is 5.14. The first kappa shape index (κ1) is 12.6. The number of benzene rings is 1. The van der Waals surface area contributed by atoms with Crippen molar-refractivity contribution >= 4 is 24.0 Å². The molecule has 1 heterocycles. The SMILES string of the molecule is COc1cc(C2(N)CNC2)ccc1Cl.Cl. The maximum atomic E-state index is 6.14. The summed E-state index contributed by atoms with van der Waals surface area (Å²) in [6.07, 6.45) is 0. The van der Waals surface area contributed by atoms with Gasteiger partial charge in [-0.05, 0) is 17.7 Å². The molecule has 15 heavy (non-hydrogen) atoms. The van der Waals surface area contributed by atoms with E-state index < -0.39 is 0 Å². The predicted octanol–water partition coefficient (Wildman–Crippen LogP) is 1.53. The quantitative estimate of drug-likeness (QED) is 0.835. The zero-order valence-corrected chi connectivity index (χ0v) is 9.99. The second kappa shape index (κ2) is 4.58. The van der Waals surface area contributed by atoms with Crippen molar-refractivity contribution in [2.24, 2.45) is 5.73 Å². The molecule has 1 aromatic carbocycles.